The van der Waals surface area contributed by atoms with Gasteiger partial charge in [-0.25, -0.2) is 0 Å². The molecule has 0 spiro atoms. The molecule has 0 saturated carbocycles. The molecular formula is C26H38BrN3O2. The number of ether oxygens (including phenoxy) is 1. The number of nitrogens with zero attached hydrogens (tertiary/aromatic N) is 3. The lowest BCUT2D eigenvalue weighted by molar-refractivity contribution is 0.0970. The monoisotopic (exact) mass is 503 g/mol. The second-order valence-electron chi connectivity index (χ2n) is 10.7. The van der Waals surface area contributed by atoms with E-state index in [1.165, 1.54) is 12.8 Å². The number of hydrogen-bond acceptors (Lipinski definition) is 3. The van der Waals surface area contributed by atoms with Gasteiger partial charge in [0, 0.05) is 41.0 Å². The second kappa shape index (κ2) is 9.58. The molecule has 2 aromatic rings. The molecule has 0 amide bonds. The molecule has 0 unspecified atom stereocenters. The number of aromatic nitrogens is 2. The fraction of sp³-hybridized carbons (Fsp3) is 0.615. The average molecular weight is 505 g/mol. The number of carbonyl (C=O) groups excluding carboxylic acids is 1. The van der Waals surface area contributed by atoms with Gasteiger partial charge in [0.05, 0.1) is 29.3 Å². The molecular weight excluding hydrogens is 466 g/mol. The summed E-state index contributed by atoms with van der Waals surface area (Å²) < 4.78 is 14.5. The van der Waals surface area contributed by atoms with Crippen molar-refractivity contribution in [2.75, 3.05) is 6.61 Å². The van der Waals surface area contributed by atoms with Crippen molar-refractivity contribution in [3.05, 3.63) is 46.8 Å². The fourth-order valence-electron chi connectivity index (χ4n) is 4.45. The van der Waals surface area contributed by atoms with Gasteiger partial charge in [0.25, 0.3) is 0 Å². The Kier molecular flexibility index (Phi) is 7.43. The molecule has 0 saturated heterocycles. The lowest BCUT2D eigenvalue weighted by atomic mass is 9.79. The maximum Gasteiger partial charge on any atom is 0.217 e. The summed E-state index contributed by atoms with van der Waals surface area (Å²) in [4.78, 5) is 13.4. The highest BCUT2D eigenvalue weighted by molar-refractivity contribution is 9.08. The van der Waals surface area contributed by atoms with E-state index in [0.29, 0.717) is 12.5 Å². The van der Waals surface area contributed by atoms with Crippen molar-refractivity contribution in [2.45, 2.75) is 91.6 Å². The normalized spacial score (nSPS) is 15.8. The smallest absolute Gasteiger partial charge is 0.217 e. The maximum atomic E-state index is 13.4. The van der Waals surface area contributed by atoms with Crippen LogP contribution in [0.5, 0.6) is 5.75 Å². The molecule has 1 aliphatic heterocycles. The largest absolute Gasteiger partial charge is 0.492 e. The Bertz CT molecular complexity index is 1040. The number of ketones is 1. The zero-order valence-corrected chi connectivity index (χ0v) is 22.3. The Balaban J connectivity index is 1.90. The topological polar surface area (TPSA) is 48.5 Å². The van der Waals surface area contributed by atoms with Gasteiger partial charge >= 0.3 is 0 Å². The molecule has 3 rings (SSSR count). The highest BCUT2D eigenvalue weighted by atomic mass is 79.9. The van der Waals surface area contributed by atoms with E-state index in [0.717, 1.165) is 41.0 Å². The first kappa shape index (κ1) is 24.8. The number of halogens is 1. The molecule has 2 heterocycles. The van der Waals surface area contributed by atoms with E-state index in [1.54, 1.807) is 0 Å². The molecule has 0 atom stereocenters. The Hall–Kier alpha value is -1.82. The summed E-state index contributed by atoms with van der Waals surface area (Å²) in [5.74, 6) is 1.75. The minimum absolute atomic E-state index is 0.0844. The van der Waals surface area contributed by atoms with Crippen LogP contribution in [0.4, 0.5) is 0 Å². The molecule has 0 N–H and O–H groups in total. The molecule has 0 radical (unpaired) electrons. The van der Waals surface area contributed by atoms with Crippen LogP contribution in [0.25, 0.3) is 0 Å². The molecule has 176 valence electrons. The molecule has 0 bridgehead atoms. The quantitative estimate of drug-likeness (QED) is 0.404. The van der Waals surface area contributed by atoms with Gasteiger partial charge in [-0.2, -0.15) is 4.02 Å². The summed E-state index contributed by atoms with van der Waals surface area (Å²) in [7, 11) is 0. The summed E-state index contributed by atoms with van der Waals surface area (Å²) in [5, 5.41) is 0. The summed E-state index contributed by atoms with van der Waals surface area (Å²) in [5.41, 5.74) is 3.53. The van der Waals surface area contributed by atoms with Crippen LogP contribution < -0.4 is 10.4 Å². The van der Waals surface area contributed by atoms with Crippen LogP contribution in [-0.2, 0) is 23.9 Å². The lowest BCUT2D eigenvalue weighted by Crippen LogP contribution is -2.28. The van der Waals surface area contributed by atoms with Crippen LogP contribution in [-0.4, -0.2) is 21.5 Å². The van der Waals surface area contributed by atoms with Gasteiger partial charge in [0.2, 0.25) is 5.62 Å². The highest BCUT2D eigenvalue weighted by Crippen LogP contribution is 2.45. The van der Waals surface area contributed by atoms with Crippen LogP contribution in [0.15, 0.2) is 28.5 Å². The third kappa shape index (κ3) is 5.05. The summed E-state index contributed by atoms with van der Waals surface area (Å²) in [6.45, 7) is 17.1. The van der Waals surface area contributed by atoms with Crippen molar-refractivity contribution < 1.29 is 9.53 Å². The molecule has 1 aliphatic rings. The van der Waals surface area contributed by atoms with Gasteiger partial charge in [-0.05, 0) is 29.9 Å². The van der Waals surface area contributed by atoms with E-state index < -0.39 is 0 Å². The number of rotatable bonds is 8. The molecule has 5 nitrogen and oxygen atoms in total. The average Bonchev–Trinajstić information content (AvgIpc) is 3.27. The van der Waals surface area contributed by atoms with E-state index >= 15 is 0 Å². The number of imidazole rings is 1. The molecule has 0 fully saturated rings. The molecule has 1 aromatic heterocycles. The Morgan fingerprint density at radius 3 is 2.44 bits per heavy atom. The fourth-order valence-corrected chi connectivity index (χ4v) is 4.86. The minimum Gasteiger partial charge on any atom is -0.492 e. The second-order valence-corrected chi connectivity index (χ2v) is 11.1. The molecule has 32 heavy (non-hydrogen) atoms. The zero-order valence-electron chi connectivity index (χ0n) is 20.7. The standard InChI is InChI=1S/C26H38BrN3O2/c1-8-18(9-2)10-11-29-12-13-30(24(29)28-27)16-22(31)19-14-20(25(3,4)5)23-21(15-19)26(6,7)17-32-23/h12-15,18H,8-11,16-17H2,1-7H3/b28-24-. The van der Waals surface area contributed by atoms with Gasteiger partial charge in [0.15, 0.2) is 5.78 Å². The number of fused-ring (bicyclic) bond motifs is 1. The van der Waals surface area contributed by atoms with E-state index in [-0.39, 0.29) is 23.2 Å². The third-order valence-electron chi connectivity index (χ3n) is 6.79. The Morgan fingerprint density at radius 1 is 1.19 bits per heavy atom. The van der Waals surface area contributed by atoms with Gasteiger partial charge in [-0.15, -0.1) is 0 Å². The van der Waals surface area contributed by atoms with Gasteiger partial charge in [-0.1, -0.05) is 61.3 Å². The number of benzene rings is 1. The molecule has 0 aliphatic carbocycles. The van der Waals surface area contributed by atoms with Gasteiger partial charge in [-0.3, -0.25) is 4.79 Å². The van der Waals surface area contributed by atoms with Gasteiger partial charge in [0.1, 0.15) is 5.75 Å². The first-order valence-corrected chi connectivity index (χ1v) is 12.5. The van der Waals surface area contributed by atoms with E-state index in [4.69, 9.17) is 4.74 Å². The first-order chi connectivity index (χ1) is 15.0. The summed E-state index contributed by atoms with van der Waals surface area (Å²) >= 11 is 3.27. The third-order valence-corrected chi connectivity index (χ3v) is 7.11. The number of hydrogen-bond donors (Lipinski definition) is 0. The predicted molar refractivity (Wildman–Crippen MR) is 134 cm³/mol. The van der Waals surface area contributed by atoms with Crippen molar-refractivity contribution >= 4 is 21.9 Å². The van der Waals surface area contributed by atoms with Crippen molar-refractivity contribution in [1.29, 1.82) is 0 Å². The molecule has 6 heteroatoms. The van der Waals surface area contributed by atoms with Gasteiger partial charge < -0.3 is 13.9 Å². The summed E-state index contributed by atoms with van der Waals surface area (Å²) in [6.07, 6.45) is 7.46. The van der Waals surface area contributed by atoms with Crippen molar-refractivity contribution in [3.8, 4) is 5.75 Å². The maximum absolute atomic E-state index is 13.4. The van der Waals surface area contributed by atoms with E-state index in [9.17, 15) is 4.79 Å². The van der Waals surface area contributed by atoms with Crippen molar-refractivity contribution in [3.63, 3.8) is 0 Å². The van der Waals surface area contributed by atoms with Crippen LogP contribution in [0, 0.1) is 5.92 Å². The van der Waals surface area contributed by atoms with Crippen LogP contribution in [0.1, 0.15) is 89.2 Å². The number of aryl methyl sites for hydroxylation is 1. The highest BCUT2D eigenvalue weighted by Gasteiger charge is 2.36. The van der Waals surface area contributed by atoms with E-state index in [2.05, 4.69) is 73.2 Å². The Morgan fingerprint density at radius 2 is 1.84 bits per heavy atom. The zero-order chi connectivity index (χ0) is 23.7. The van der Waals surface area contributed by atoms with E-state index in [1.807, 2.05) is 29.1 Å². The van der Waals surface area contributed by atoms with Crippen molar-refractivity contribution in [2.24, 2.45) is 9.94 Å². The van der Waals surface area contributed by atoms with Crippen LogP contribution in [0.2, 0.25) is 0 Å². The predicted octanol–water partition coefficient (Wildman–Crippen LogP) is 6.18. The minimum atomic E-state index is -0.108. The molecule has 1 aromatic carbocycles. The SMILES string of the molecule is CCC(CC)CCn1ccn(CC(=O)c2cc(C(C)(C)C)c3c(c2)C(C)(C)CO3)/c1=N\Br. The van der Waals surface area contributed by atoms with Crippen LogP contribution >= 0.6 is 16.1 Å². The van der Waals surface area contributed by atoms with Crippen molar-refractivity contribution in [1.82, 2.24) is 9.13 Å². The Labute approximate surface area is 201 Å². The first-order valence-electron chi connectivity index (χ1n) is 11.8. The summed E-state index contributed by atoms with van der Waals surface area (Å²) in [6, 6.07) is 4.06. The van der Waals surface area contributed by atoms with Crippen LogP contribution in [0.3, 0.4) is 0 Å². The number of carbonyl (C=O) groups is 1. The lowest BCUT2D eigenvalue weighted by Gasteiger charge is -2.24. The number of Topliss-reactive ketones (excluding diaryl/α,β-unsaturated/α-hetero) is 1.